The highest BCUT2D eigenvalue weighted by molar-refractivity contribution is 7.84. The number of aromatic nitrogens is 1. The second kappa shape index (κ2) is 9.09. The molecule has 2 rings (SSSR count). The fourth-order valence-electron chi connectivity index (χ4n) is 2.73. The van der Waals surface area contributed by atoms with Crippen molar-refractivity contribution in [2.75, 3.05) is 0 Å². The lowest BCUT2D eigenvalue weighted by atomic mass is 9.82. The molecule has 1 aromatic heterocycles. The number of oxime groups is 1. The van der Waals surface area contributed by atoms with Crippen LogP contribution in [0.5, 0.6) is 0 Å². The number of benzene rings is 1. The van der Waals surface area contributed by atoms with Crippen molar-refractivity contribution in [1.82, 2.24) is 9.71 Å². The number of halogens is 5. The van der Waals surface area contributed by atoms with Crippen LogP contribution in [0.15, 0.2) is 41.7 Å². The maximum absolute atomic E-state index is 14.3. The van der Waals surface area contributed by atoms with Crippen molar-refractivity contribution in [3.05, 3.63) is 64.2 Å². The zero-order chi connectivity index (χ0) is 23.6. The molecule has 0 spiro atoms. The molecule has 0 bridgehead atoms. The predicted octanol–water partition coefficient (Wildman–Crippen LogP) is 4.32. The Balaban J connectivity index is 2.89. The summed E-state index contributed by atoms with van der Waals surface area (Å²) < 4.78 is 69.4. The summed E-state index contributed by atoms with van der Waals surface area (Å²) in [5.74, 6) is -1.58. The molecule has 1 heterocycles. The van der Waals surface area contributed by atoms with Crippen LogP contribution in [0.25, 0.3) is 0 Å². The molecular weight excluding hydrogens is 460 g/mol. The predicted molar refractivity (Wildman–Crippen MR) is 110 cm³/mol. The van der Waals surface area contributed by atoms with Crippen molar-refractivity contribution in [1.29, 1.82) is 0 Å². The normalized spacial score (nSPS) is 16.1. The Morgan fingerprint density at radius 3 is 2.32 bits per heavy atom. The Labute approximate surface area is 184 Å². The van der Waals surface area contributed by atoms with Gasteiger partial charge in [0.2, 0.25) is 0 Å². The SMILES string of the molecule is CC(C)(C)[S@](=O)N[C@](C/C(N)=N/O)(c1cc(F)cc(C(F)(F)F)c1)c1ccc(Cl)cn1. The van der Waals surface area contributed by atoms with E-state index in [0.717, 1.165) is 6.07 Å². The molecule has 31 heavy (non-hydrogen) atoms. The Hall–Kier alpha value is -2.24. The molecule has 0 unspecified atom stereocenters. The first kappa shape index (κ1) is 25.0. The summed E-state index contributed by atoms with van der Waals surface area (Å²) in [5, 5.41) is 12.3. The highest BCUT2D eigenvalue weighted by Gasteiger charge is 2.43. The van der Waals surface area contributed by atoms with Gasteiger partial charge in [-0.25, -0.2) is 13.3 Å². The molecule has 0 radical (unpaired) electrons. The standard InChI is InChI=1S/C19H21ClF4N4O2S/c1-17(2,3)31(30)28-18(9-16(25)27-29,15-5-4-13(20)10-26-15)11-6-12(19(22,23)24)8-14(21)7-11/h4-8,10,28-29H,9H2,1-3H3,(H2,25,27)/t18-,31+/m1/s1. The van der Waals surface area contributed by atoms with Gasteiger partial charge >= 0.3 is 6.18 Å². The van der Waals surface area contributed by atoms with Gasteiger partial charge in [0.15, 0.2) is 0 Å². The zero-order valence-corrected chi connectivity index (χ0v) is 18.4. The maximum Gasteiger partial charge on any atom is 0.416 e. The van der Waals surface area contributed by atoms with E-state index in [1.54, 1.807) is 20.8 Å². The fraction of sp³-hybridized carbons (Fsp3) is 0.368. The van der Waals surface area contributed by atoms with E-state index in [2.05, 4.69) is 14.9 Å². The van der Waals surface area contributed by atoms with Crippen LogP contribution in [-0.4, -0.2) is 25.0 Å². The molecule has 170 valence electrons. The van der Waals surface area contributed by atoms with E-state index < -0.39 is 51.1 Å². The number of hydrogen-bond donors (Lipinski definition) is 3. The van der Waals surface area contributed by atoms with Crippen molar-refractivity contribution < 1.29 is 27.0 Å². The first-order valence-corrected chi connectivity index (χ1v) is 10.4. The molecule has 2 atom stereocenters. The lowest BCUT2D eigenvalue weighted by molar-refractivity contribution is -0.137. The number of hydrogen-bond acceptors (Lipinski definition) is 4. The summed E-state index contributed by atoms with van der Waals surface area (Å²) in [5.41, 5.74) is 2.37. The number of amidine groups is 1. The average molecular weight is 481 g/mol. The van der Waals surface area contributed by atoms with Gasteiger partial charge in [0.1, 0.15) is 17.2 Å². The molecule has 0 aliphatic carbocycles. The fourth-order valence-corrected chi connectivity index (χ4v) is 3.76. The lowest BCUT2D eigenvalue weighted by Crippen LogP contribution is -2.51. The van der Waals surface area contributed by atoms with Crippen LogP contribution < -0.4 is 10.5 Å². The van der Waals surface area contributed by atoms with E-state index in [4.69, 9.17) is 22.5 Å². The van der Waals surface area contributed by atoms with E-state index in [1.165, 1.54) is 18.3 Å². The zero-order valence-electron chi connectivity index (χ0n) is 16.8. The quantitative estimate of drug-likeness (QED) is 0.188. The van der Waals surface area contributed by atoms with Crippen LogP contribution in [0.4, 0.5) is 17.6 Å². The van der Waals surface area contributed by atoms with Gasteiger partial charge in [0, 0.05) is 12.6 Å². The molecule has 0 saturated carbocycles. The second-order valence-electron chi connectivity index (χ2n) is 7.74. The number of nitrogens with zero attached hydrogens (tertiary/aromatic N) is 2. The Bertz CT molecular complexity index is 994. The third-order valence-electron chi connectivity index (χ3n) is 4.28. The minimum absolute atomic E-state index is 0.0415. The van der Waals surface area contributed by atoms with E-state index in [9.17, 15) is 21.8 Å². The maximum atomic E-state index is 14.3. The second-order valence-corrected chi connectivity index (χ2v) is 10.1. The van der Waals surface area contributed by atoms with Crippen molar-refractivity contribution in [2.45, 2.75) is 43.7 Å². The average Bonchev–Trinajstić information content (AvgIpc) is 2.65. The van der Waals surface area contributed by atoms with Crippen LogP contribution in [-0.2, 0) is 22.7 Å². The van der Waals surface area contributed by atoms with Crippen LogP contribution in [0.3, 0.4) is 0 Å². The first-order valence-electron chi connectivity index (χ1n) is 8.85. The summed E-state index contributed by atoms with van der Waals surface area (Å²) in [6.07, 6.45) is -4.10. The van der Waals surface area contributed by atoms with E-state index in [-0.39, 0.29) is 16.3 Å². The largest absolute Gasteiger partial charge is 0.416 e. The molecule has 0 amide bonds. The highest BCUT2D eigenvalue weighted by atomic mass is 35.5. The summed E-state index contributed by atoms with van der Waals surface area (Å²) in [6, 6.07) is 4.68. The molecule has 12 heteroatoms. The minimum Gasteiger partial charge on any atom is -0.409 e. The Kier molecular flexibility index (Phi) is 7.34. The van der Waals surface area contributed by atoms with Crippen molar-refractivity contribution in [2.24, 2.45) is 10.9 Å². The molecule has 2 aromatic rings. The van der Waals surface area contributed by atoms with Gasteiger partial charge in [-0.3, -0.25) is 4.98 Å². The first-order chi connectivity index (χ1) is 14.2. The van der Waals surface area contributed by atoms with E-state index >= 15 is 0 Å². The molecular formula is C19H21ClF4N4O2S. The number of pyridine rings is 1. The molecule has 0 aliphatic rings. The summed E-state index contributed by atoms with van der Waals surface area (Å²) in [7, 11) is -1.88. The van der Waals surface area contributed by atoms with Gasteiger partial charge in [0.05, 0.1) is 32.0 Å². The van der Waals surface area contributed by atoms with E-state index in [0.29, 0.717) is 12.1 Å². The summed E-state index contributed by atoms with van der Waals surface area (Å²) in [6.45, 7) is 4.89. The molecule has 0 saturated heterocycles. The van der Waals surface area contributed by atoms with Gasteiger partial charge in [-0.2, -0.15) is 13.2 Å². The third kappa shape index (κ3) is 5.92. The van der Waals surface area contributed by atoms with Gasteiger partial charge in [-0.15, -0.1) is 0 Å². The highest BCUT2D eigenvalue weighted by Crippen LogP contribution is 2.38. The minimum atomic E-state index is -4.85. The van der Waals surface area contributed by atoms with Gasteiger partial charge in [-0.1, -0.05) is 16.8 Å². The van der Waals surface area contributed by atoms with Crippen LogP contribution in [0, 0.1) is 5.82 Å². The number of rotatable bonds is 6. The van der Waals surface area contributed by atoms with Crippen LogP contribution in [0.1, 0.15) is 44.0 Å². The number of nitrogens with two attached hydrogens (primary N) is 1. The third-order valence-corrected chi connectivity index (χ3v) is 6.15. The number of alkyl halides is 3. The molecule has 4 N–H and O–H groups in total. The van der Waals surface area contributed by atoms with Crippen LogP contribution >= 0.6 is 11.6 Å². The van der Waals surface area contributed by atoms with Crippen molar-refractivity contribution in [3.8, 4) is 0 Å². The summed E-state index contributed by atoms with van der Waals surface area (Å²) in [4.78, 5) is 4.15. The van der Waals surface area contributed by atoms with Crippen molar-refractivity contribution >= 4 is 28.4 Å². The Morgan fingerprint density at radius 1 is 1.23 bits per heavy atom. The van der Waals surface area contributed by atoms with Crippen molar-refractivity contribution in [3.63, 3.8) is 0 Å². The molecule has 6 nitrogen and oxygen atoms in total. The molecule has 0 aliphatic heterocycles. The number of nitrogens with one attached hydrogen (secondary N) is 1. The molecule has 0 fully saturated rings. The van der Waals surface area contributed by atoms with Crippen LogP contribution in [0.2, 0.25) is 5.02 Å². The smallest absolute Gasteiger partial charge is 0.409 e. The van der Waals surface area contributed by atoms with Gasteiger partial charge in [0.25, 0.3) is 0 Å². The lowest BCUT2D eigenvalue weighted by Gasteiger charge is -2.36. The Morgan fingerprint density at radius 2 is 1.84 bits per heavy atom. The monoisotopic (exact) mass is 480 g/mol. The molecule has 1 aromatic carbocycles. The van der Waals surface area contributed by atoms with Gasteiger partial charge in [-0.05, 0) is 56.7 Å². The topological polar surface area (TPSA) is 101 Å². The summed E-state index contributed by atoms with van der Waals surface area (Å²) >= 11 is 5.89. The van der Waals surface area contributed by atoms with E-state index in [1.807, 2.05) is 0 Å². The van der Waals surface area contributed by atoms with Gasteiger partial charge < -0.3 is 10.9 Å².